The van der Waals surface area contributed by atoms with Crippen LogP contribution in [0, 0.1) is 0 Å². The Kier molecular flexibility index (Phi) is 9.83. The first kappa shape index (κ1) is 30.2. The van der Waals surface area contributed by atoms with E-state index >= 15 is 0 Å². The molecule has 0 aliphatic rings. The van der Waals surface area contributed by atoms with Crippen LogP contribution < -0.4 is 0 Å². The van der Waals surface area contributed by atoms with Crippen LogP contribution in [0.5, 0.6) is 0 Å². The summed E-state index contributed by atoms with van der Waals surface area (Å²) in [6.45, 7) is 12.8. The second-order valence-electron chi connectivity index (χ2n) is 10.8. The molecule has 0 amide bonds. The summed E-state index contributed by atoms with van der Waals surface area (Å²) in [5, 5.41) is 0. The minimum absolute atomic E-state index is 0.283. The fourth-order valence-electron chi connectivity index (χ4n) is 5.05. The lowest BCUT2D eigenvalue weighted by Crippen LogP contribution is -2.07. The van der Waals surface area contributed by atoms with Crippen molar-refractivity contribution < 1.29 is 0 Å². The third-order valence-corrected chi connectivity index (χ3v) is 7.67. The largest absolute Gasteiger partial charge is 0.233 e. The maximum absolute atomic E-state index is 5.16. The van der Waals surface area contributed by atoms with Crippen LogP contribution in [-0.2, 0) is 0 Å². The van der Waals surface area contributed by atoms with Crippen molar-refractivity contribution in [3.8, 4) is 22.6 Å². The van der Waals surface area contributed by atoms with Gasteiger partial charge in [-0.1, -0.05) is 142 Å². The van der Waals surface area contributed by atoms with Gasteiger partial charge in [0.25, 0.3) is 0 Å². The molecular weight excluding hydrogens is 536 g/mol. The van der Waals surface area contributed by atoms with Crippen molar-refractivity contribution in [3.05, 3.63) is 156 Å². The van der Waals surface area contributed by atoms with Crippen LogP contribution in [0.15, 0.2) is 138 Å². The molecule has 0 saturated heterocycles. The number of allylic oxidation sites excluding steroid dienone is 1. The van der Waals surface area contributed by atoms with Crippen molar-refractivity contribution in [2.24, 2.45) is 9.98 Å². The Morgan fingerprint density at radius 3 is 1.91 bits per heavy atom. The van der Waals surface area contributed by atoms with Crippen molar-refractivity contribution in [3.63, 3.8) is 0 Å². The van der Waals surface area contributed by atoms with E-state index in [9.17, 15) is 0 Å². The lowest BCUT2D eigenvalue weighted by molar-refractivity contribution is 0.725. The molecule has 218 valence electrons. The molecule has 1 heterocycles. The summed E-state index contributed by atoms with van der Waals surface area (Å²) >= 11 is 0. The molecule has 4 nitrogen and oxygen atoms in total. The first-order chi connectivity index (χ1) is 21.5. The predicted octanol–water partition coefficient (Wildman–Crippen LogP) is 10.3. The zero-order valence-corrected chi connectivity index (χ0v) is 25.9. The van der Waals surface area contributed by atoms with E-state index in [1.807, 2.05) is 86.7 Å². The van der Waals surface area contributed by atoms with Gasteiger partial charge in [0.2, 0.25) is 0 Å². The molecule has 1 atom stereocenters. The van der Waals surface area contributed by atoms with Crippen LogP contribution in [0.4, 0.5) is 0 Å². The van der Waals surface area contributed by atoms with Gasteiger partial charge >= 0.3 is 0 Å². The maximum Gasteiger partial charge on any atom is 0.160 e. The first-order valence-electron chi connectivity index (χ1n) is 15.1. The van der Waals surface area contributed by atoms with E-state index in [1.165, 1.54) is 0 Å². The average molecular weight is 575 g/mol. The molecule has 4 aromatic carbocycles. The summed E-state index contributed by atoms with van der Waals surface area (Å²) < 4.78 is 0. The van der Waals surface area contributed by atoms with E-state index in [0.717, 1.165) is 56.9 Å². The number of aliphatic imine (C=N–C) groups is 2. The Bertz CT molecular complexity index is 1800. The summed E-state index contributed by atoms with van der Waals surface area (Å²) in [7, 11) is 0. The van der Waals surface area contributed by atoms with Gasteiger partial charge in [0.05, 0.1) is 17.1 Å². The van der Waals surface area contributed by atoms with Gasteiger partial charge in [-0.25, -0.2) is 20.0 Å². The smallest absolute Gasteiger partial charge is 0.160 e. The number of hydrogen-bond donors (Lipinski definition) is 0. The summed E-state index contributed by atoms with van der Waals surface area (Å²) in [5.74, 6) is 1.61. The van der Waals surface area contributed by atoms with Gasteiger partial charge in [0.1, 0.15) is 0 Å². The topological polar surface area (TPSA) is 50.5 Å². The predicted molar refractivity (Wildman–Crippen MR) is 187 cm³/mol. The van der Waals surface area contributed by atoms with Crippen molar-refractivity contribution in [1.29, 1.82) is 0 Å². The number of nitrogens with zero attached hydrogens (tertiary/aromatic N) is 4. The van der Waals surface area contributed by atoms with Crippen molar-refractivity contribution >= 4 is 23.3 Å². The van der Waals surface area contributed by atoms with Crippen molar-refractivity contribution in [2.75, 3.05) is 0 Å². The number of benzene rings is 4. The monoisotopic (exact) mass is 574 g/mol. The molecule has 4 heteroatoms. The molecule has 0 spiro atoms. The summed E-state index contributed by atoms with van der Waals surface area (Å²) in [4.78, 5) is 20.1. The van der Waals surface area contributed by atoms with Gasteiger partial charge in [-0.05, 0) is 43.4 Å². The molecule has 0 saturated carbocycles. The maximum atomic E-state index is 5.16. The highest BCUT2D eigenvalue weighted by Crippen LogP contribution is 2.34. The molecule has 5 rings (SSSR count). The SMILES string of the molecule is C=C(N=C(N=C(C)c1ccccc1)c1ccc(-c2nc(-c3ccccc3)nc(/C=C\C)c2C(C)CC)cc1)c1ccccc1. The normalized spacial score (nSPS) is 12.8. The van der Waals surface area contributed by atoms with Crippen LogP contribution in [0.3, 0.4) is 0 Å². The number of rotatable bonds is 9. The Labute approximate surface area is 261 Å². The number of hydrogen-bond acceptors (Lipinski definition) is 3. The number of aromatic nitrogens is 2. The van der Waals surface area contributed by atoms with Gasteiger partial charge in [0.15, 0.2) is 11.7 Å². The van der Waals surface area contributed by atoms with E-state index < -0.39 is 0 Å². The summed E-state index contributed by atoms with van der Waals surface area (Å²) in [6, 6.07) is 38.7. The summed E-state index contributed by atoms with van der Waals surface area (Å²) in [5.41, 5.74) is 9.53. The lowest BCUT2D eigenvalue weighted by atomic mass is 9.91. The molecule has 0 aliphatic heterocycles. The molecule has 1 unspecified atom stereocenters. The van der Waals surface area contributed by atoms with Crippen molar-refractivity contribution in [1.82, 2.24) is 9.97 Å². The third kappa shape index (κ3) is 7.04. The van der Waals surface area contributed by atoms with Crippen LogP contribution in [-0.4, -0.2) is 21.5 Å². The van der Waals surface area contributed by atoms with Crippen LogP contribution in [0.2, 0.25) is 0 Å². The minimum Gasteiger partial charge on any atom is -0.233 e. The zero-order chi connectivity index (χ0) is 30.9. The molecule has 0 N–H and O–H groups in total. The summed E-state index contributed by atoms with van der Waals surface area (Å²) in [6.07, 6.45) is 5.12. The third-order valence-electron chi connectivity index (χ3n) is 7.67. The fraction of sp³-hybridized carbons (Fsp3) is 0.150. The van der Waals surface area contributed by atoms with Gasteiger partial charge < -0.3 is 0 Å². The van der Waals surface area contributed by atoms with Gasteiger partial charge in [0, 0.05) is 28.0 Å². The van der Waals surface area contributed by atoms with E-state index in [0.29, 0.717) is 17.4 Å². The fourth-order valence-corrected chi connectivity index (χ4v) is 5.05. The highest BCUT2D eigenvalue weighted by molar-refractivity contribution is 6.12. The highest BCUT2D eigenvalue weighted by Gasteiger charge is 2.20. The molecule has 5 aromatic rings. The second-order valence-corrected chi connectivity index (χ2v) is 10.8. The Hall–Kier alpha value is -5.22. The van der Waals surface area contributed by atoms with E-state index in [2.05, 4.69) is 75.0 Å². The minimum atomic E-state index is 0.283. The van der Waals surface area contributed by atoms with E-state index in [1.54, 1.807) is 0 Å². The lowest BCUT2D eigenvalue weighted by Gasteiger charge is -2.19. The standard InChI is InChI=1S/C40H38N4/c1-6-17-36-37(28(3)7-2)38(44-40(43-36)34-22-15-10-16-23-34)33-24-26-35(27-25-33)39(41-29(4)31-18-11-8-12-19-31)42-30(5)32-20-13-9-14-21-32/h6,8-28H,4,7H2,1-3,5H3/b17-6-,41-39?,42-30?. The molecular formula is C40H38N4. The number of amidine groups is 1. The molecule has 0 fully saturated rings. The van der Waals surface area contributed by atoms with Gasteiger partial charge in [-0.2, -0.15) is 0 Å². The van der Waals surface area contributed by atoms with Crippen LogP contribution in [0.25, 0.3) is 34.4 Å². The van der Waals surface area contributed by atoms with Crippen molar-refractivity contribution in [2.45, 2.75) is 40.0 Å². The quantitative estimate of drug-likeness (QED) is 0.130. The van der Waals surface area contributed by atoms with E-state index in [4.69, 9.17) is 20.0 Å². The van der Waals surface area contributed by atoms with Gasteiger partial charge in [-0.15, -0.1) is 0 Å². The molecule has 1 aromatic heterocycles. The first-order valence-corrected chi connectivity index (χ1v) is 15.1. The Morgan fingerprint density at radius 2 is 1.32 bits per heavy atom. The van der Waals surface area contributed by atoms with Crippen LogP contribution in [0.1, 0.15) is 68.0 Å². The molecule has 0 bridgehead atoms. The molecule has 0 radical (unpaired) electrons. The average Bonchev–Trinajstić information content (AvgIpc) is 3.08. The highest BCUT2D eigenvalue weighted by atomic mass is 14.9. The van der Waals surface area contributed by atoms with Crippen LogP contribution >= 0.6 is 0 Å². The zero-order valence-electron chi connectivity index (χ0n) is 25.9. The molecule has 44 heavy (non-hydrogen) atoms. The Balaban J connectivity index is 1.63. The van der Waals surface area contributed by atoms with E-state index in [-0.39, 0.29) is 5.92 Å². The molecule has 0 aliphatic carbocycles. The second kappa shape index (κ2) is 14.3. The Morgan fingerprint density at radius 1 is 0.727 bits per heavy atom. The van der Waals surface area contributed by atoms with Gasteiger partial charge in [-0.3, -0.25) is 0 Å².